The van der Waals surface area contributed by atoms with Crippen molar-refractivity contribution in [3.8, 4) is 18.1 Å². The van der Waals surface area contributed by atoms with Crippen LogP contribution >= 0.6 is 11.3 Å². The van der Waals surface area contributed by atoms with E-state index in [1.54, 1.807) is 6.20 Å². The van der Waals surface area contributed by atoms with E-state index in [0.29, 0.717) is 80.1 Å². The fraction of sp³-hybridized carbons (Fsp3) is 0.571. The Morgan fingerprint density at radius 2 is 1.90 bits per heavy atom. The standard InChI is InChI=1S/C28H30FN11OS/c29-17-8-28(3-1-5-39(28)12-17)16-41-26-34-24(37-6-7-40-18(13-37)11-33-36-40)20(10-31)25(35-26)38-14-27(15-38)4-2-21-22(27)19(9-30)23(32)42-21/h11,17H,1-8,12-16,32H2/t17-,28+/m1/s1. The van der Waals surface area contributed by atoms with Crippen LogP contribution in [0.25, 0.3) is 0 Å². The molecule has 4 aliphatic heterocycles. The molecule has 3 aromatic rings. The van der Waals surface area contributed by atoms with E-state index in [2.05, 4.69) is 37.2 Å². The first-order valence-electron chi connectivity index (χ1n) is 14.4. The lowest BCUT2D eigenvalue weighted by molar-refractivity contribution is 0.107. The molecule has 42 heavy (non-hydrogen) atoms. The summed E-state index contributed by atoms with van der Waals surface area (Å²) < 4.78 is 22.6. The minimum absolute atomic E-state index is 0.181. The van der Waals surface area contributed by atoms with Crippen LogP contribution in [0.3, 0.4) is 0 Å². The maximum Gasteiger partial charge on any atom is 0.320 e. The van der Waals surface area contributed by atoms with Gasteiger partial charge in [-0.3, -0.25) is 4.90 Å². The highest BCUT2D eigenvalue weighted by Gasteiger charge is 2.53. The third-order valence-electron chi connectivity index (χ3n) is 9.89. The Kier molecular flexibility index (Phi) is 5.65. The quantitative estimate of drug-likeness (QED) is 0.468. The van der Waals surface area contributed by atoms with Gasteiger partial charge in [-0.25, -0.2) is 9.07 Å². The van der Waals surface area contributed by atoms with Gasteiger partial charge in [0.15, 0.2) is 11.6 Å². The summed E-state index contributed by atoms with van der Waals surface area (Å²) in [5.41, 5.74) is 8.68. The number of aromatic nitrogens is 5. The molecule has 8 rings (SSSR count). The molecule has 12 nitrogen and oxygen atoms in total. The van der Waals surface area contributed by atoms with Crippen LogP contribution < -0.4 is 20.3 Å². The van der Waals surface area contributed by atoms with E-state index >= 15 is 0 Å². The van der Waals surface area contributed by atoms with Crippen LogP contribution in [-0.4, -0.2) is 80.9 Å². The van der Waals surface area contributed by atoms with Crippen molar-refractivity contribution in [2.24, 2.45) is 0 Å². The van der Waals surface area contributed by atoms with Gasteiger partial charge in [0.1, 0.15) is 35.5 Å². The number of nitrogen functional groups attached to an aromatic ring is 1. The highest BCUT2D eigenvalue weighted by molar-refractivity contribution is 7.16. The molecule has 3 fully saturated rings. The number of alkyl halides is 1. The van der Waals surface area contributed by atoms with E-state index < -0.39 is 6.17 Å². The molecule has 2 atom stereocenters. The molecule has 0 saturated carbocycles. The van der Waals surface area contributed by atoms with Gasteiger partial charge in [-0.15, -0.1) is 16.4 Å². The first-order chi connectivity index (χ1) is 20.4. The molecule has 0 bridgehead atoms. The number of hydrogen-bond acceptors (Lipinski definition) is 12. The van der Waals surface area contributed by atoms with Crippen molar-refractivity contribution in [2.45, 2.75) is 62.3 Å². The zero-order valence-electron chi connectivity index (χ0n) is 23.1. The molecular formula is C28H30FN11OS. The largest absolute Gasteiger partial charge is 0.461 e. The highest BCUT2D eigenvalue weighted by Crippen LogP contribution is 2.53. The van der Waals surface area contributed by atoms with Crippen LogP contribution in [-0.2, 0) is 24.9 Å². The summed E-state index contributed by atoms with van der Waals surface area (Å²) in [6, 6.07) is 4.92. The van der Waals surface area contributed by atoms with E-state index in [-0.39, 0.29) is 17.0 Å². The Bertz CT molecular complexity index is 1670. The number of halogens is 1. The third-order valence-corrected chi connectivity index (χ3v) is 11.0. The molecule has 0 unspecified atom stereocenters. The first-order valence-corrected chi connectivity index (χ1v) is 15.3. The minimum atomic E-state index is -0.855. The molecule has 3 saturated heterocycles. The minimum Gasteiger partial charge on any atom is -0.461 e. The molecule has 5 aliphatic rings. The molecule has 14 heteroatoms. The van der Waals surface area contributed by atoms with Crippen molar-refractivity contribution in [3.63, 3.8) is 0 Å². The van der Waals surface area contributed by atoms with Crippen LogP contribution in [0, 0.1) is 22.7 Å². The van der Waals surface area contributed by atoms with Gasteiger partial charge >= 0.3 is 6.01 Å². The van der Waals surface area contributed by atoms with Crippen molar-refractivity contribution >= 4 is 28.0 Å². The normalized spacial score (nSPS) is 25.5. The summed E-state index contributed by atoms with van der Waals surface area (Å²) in [4.78, 5) is 17.2. The first kappa shape index (κ1) is 25.7. The molecule has 7 heterocycles. The van der Waals surface area contributed by atoms with Gasteiger partial charge in [-0.2, -0.15) is 20.5 Å². The van der Waals surface area contributed by atoms with Gasteiger partial charge < -0.3 is 20.3 Å². The Morgan fingerprint density at radius 1 is 1.10 bits per heavy atom. The fourth-order valence-corrected chi connectivity index (χ4v) is 9.06. The second kappa shape index (κ2) is 9.24. The van der Waals surface area contributed by atoms with Gasteiger partial charge in [0, 0.05) is 42.9 Å². The summed E-state index contributed by atoms with van der Waals surface area (Å²) in [5, 5.41) is 29.0. The summed E-state index contributed by atoms with van der Waals surface area (Å²) in [7, 11) is 0. The number of anilines is 3. The third kappa shape index (κ3) is 3.71. The average Bonchev–Trinajstić information content (AvgIpc) is 3.76. The van der Waals surface area contributed by atoms with Crippen LogP contribution in [0.5, 0.6) is 6.01 Å². The Hall–Kier alpha value is -4.01. The maximum atomic E-state index is 14.4. The lowest BCUT2D eigenvalue weighted by Crippen LogP contribution is -2.59. The van der Waals surface area contributed by atoms with Crippen LogP contribution in [0.4, 0.5) is 21.0 Å². The molecule has 1 aliphatic carbocycles. The SMILES string of the molecule is N#Cc1c(N2CCn3nncc3C2)nc(OC[C@@]23CCCN2C[C@H](F)C3)nc1N1CC2(CCc3sc(N)c(C#N)c32)C1. The summed E-state index contributed by atoms with van der Waals surface area (Å²) in [6.45, 7) is 4.63. The van der Waals surface area contributed by atoms with Crippen molar-refractivity contribution in [1.82, 2.24) is 29.9 Å². The Labute approximate surface area is 246 Å². The molecule has 2 N–H and O–H groups in total. The van der Waals surface area contributed by atoms with E-state index in [1.807, 2.05) is 4.68 Å². The number of aryl methyl sites for hydroxylation is 1. The average molecular weight is 588 g/mol. The second-order valence-corrected chi connectivity index (χ2v) is 13.4. The predicted molar refractivity (Wildman–Crippen MR) is 152 cm³/mol. The number of fused-ring (bicyclic) bond motifs is 4. The molecule has 0 aromatic carbocycles. The molecule has 216 valence electrons. The molecular weight excluding hydrogens is 557 g/mol. The smallest absolute Gasteiger partial charge is 0.320 e. The lowest BCUT2D eigenvalue weighted by Gasteiger charge is -2.49. The lowest BCUT2D eigenvalue weighted by atomic mass is 9.74. The van der Waals surface area contributed by atoms with Crippen molar-refractivity contribution in [3.05, 3.63) is 33.5 Å². The predicted octanol–water partition coefficient (Wildman–Crippen LogP) is 2.13. The Morgan fingerprint density at radius 3 is 2.71 bits per heavy atom. The summed E-state index contributed by atoms with van der Waals surface area (Å²) >= 11 is 1.52. The van der Waals surface area contributed by atoms with Gasteiger partial charge in [0.2, 0.25) is 0 Å². The summed E-state index contributed by atoms with van der Waals surface area (Å²) in [6.07, 6.45) is 5.07. The number of rotatable bonds is 5. The van der Waals surface area contributed by atoms with Crippen molar-refractivity contribution in [1.29, 1.82) is 10.5 Å². The van der Waals surface area contributed by atoms with Crippen LogP contribution in [0.2, 0.25) is 0 Å². The molecule has 0 amide bonds. The van der Waals surface area contributed by atoms with Crippen molar-refractivity contribution in [2.75, 3.05) is 54.9 Å². The maximum absolute atomic E-state index is 14.4. The fourth-order valence-electron chi connectivity index (χ4n) is 7.92. The van der Waals surface area contributed by atoms with E-state index in [4.69, 9.17) is 20.4 Å². The van der Waals surface area contributed by atoms with Crippen LogP contribution in [0.1, 0.15) is 52.9 Å². The monoisotopic (exact) mass is 587 g/mol. The molecule has 1 spiro atoms. The zero-order valence-corrected chi connectivity index (χ0v) is 23.9. The van der Waals surface area contributed by atoms with Gasteiger partial charge in [0.25, 0.3) is 0 Å². The van der Waals surface area contributed by atoms with Gasteiger partial charge in [-0.1, -0.05) is 5.21 Å². The number of nitriles is 2. The number of hydrogen-bond donors (Lipinski definition) is 1. The number of nitrogens with two attached hydrogens (primary N) is 1. The van der Waals surface area contributed by atoms with Crippen LogP contribution in [0.15, 0.2) is 6.20 Å². The summed E-state index contributed by atoms with van der Waals surface area (Å²) in [5.74, 6) is 1.05. The molecule has 3 aromatic heterocycles. The number of thiophene rings is 1. The topological polar surface area (TPSA) is 149 Å². The van der Waals surface area contributed by atoms with E-state index in [0.717, 1.165) is 43.5 Å². The van der Waals surface area contributed by atoms with E-state index in [9.17, 15) is 14.9 Å². The second-order valence-electron chi connectivity index (χ2n) is 12.3. The highest BCUT2D eigenvalue weighted by atomic mass is 32.1. The number of nitrogens with zero attached hydrogens (tertiary/aromatic N) is 10. The van der Waals surface area contributed by atoms with Gasteiger partial charge in [-0.05, 0) is 37.8 Å². The van der Waals surface area contributed by atoms with Gasteiger partial charge in [0.05, 0.1) is 36.1 Å². The van der Waals surface area contributed by atoms with E-state index in [1.165, 1.54) is 16.2 Å². The van der Waals surface area contributed by atoms with Crippen molar-refractivity contribution < 1.29 is 9.13 Å². The Balaban J connectivity index is 1.14. The molecule has 0 radical (unpaired) electrons. The zero-order chi connectivity index (χ0) is 28.6. The number of ether oxygens (including phenoxy) is 1.